The van der Waals surface area contributed by atoms with Crippen molar-refractivity contribution in [2.24, 2.45) is 11.5 Å². The molecule has 0 spiro atoms. The Hall–Kier alpha value is -1.41. The van der Waals surface area contributed by atoms with Crippen molar-refractivity contribution >= 4 is 57.6 Å². The van der Waals surface area contributed by atoms with Crippen LogP contribution in [-0.2, 0) is 12.3 Å². The van der Waals surface area contributed by atoms with Gasteiger partial charge in [0.25, 0.3) is 0 Å². The van der Waals surface area contributed by atoms with Crippen molar-refractivity contribution < 1.29 is 0 Å². The Morgan fingerprint density at radius 1 is 1.12 bits per heavy atom. The molecule has 126 valence electrons. The molecule has 0 saturated carbocycles. The second kappa shape index (κ2) is 9.17. The summed E-state index contributed by atoms with van der Waals surface area (Å²) in [6, 6.07) is 13.8. The normalized spacial score (nSPS) is 10.4. The molecule has 0 fully saturated rings. The maximum Gasteiger partial charge on any atom is 0.163 e. The van der Waals surface area contributed by atoms with E-state index in [1.54, 1.807) is 11.8 Å². The molecule has 0 bridgehead atoms. The van der Waals surface area contributed by atoms with Gasteiger partial charge in [0.15, 0.2) is 10.3 Å². The summed E-state index contributed by atoms with van der Waals surface area (Å²) >= 11 is 13.9. The molecule has 0 aliphatic carbocycles. The van der Waals surface area contributed by atoms with Gasteiger partial charge in [-0.2, -0.15) is 0 Å². The largest absolute Gasteiger partial charge is 0.379 e. The smallest absolute Gasteiger partial charge is 0.163 e. The van der Waals surface area contributed by atoms with Crippen LogP contribution in [0.2, 0.25) is 5.02 Å². The van der Waals surface area contributed by atoms with Crippen LogP contribution >= 0.6 is 47.3 Å². The van der Waals surface area contributed by atoms with Gasteiger partial charge in [0.2, 0.25) is 0 Å². The van der Waals surface area contributed by atoms with Crippen LogP contribution in [0.1, 0.15) is 11.1 Å². The maximum atomic E-state index is 7.37. The summed E-state index contributed by atoms with van der Waals surface area (Å²) in [5.41, 5.74) is 13.1. The van der Waals surface area contributed by atoms with Crippen molar-refractivity contribution in [3.05, 3.63) is 58.6 Å². The van der Waals surface area contributed by atoms with Gasteiger partial charge in [0, 0.05) is 27.1 Å². The molecular weight excluding hydrogens is 380 g/mol. The highest BCUT2D eigenvalue weighted by molar-refractivity contribution is 8.13. The Morgan fingerprint density at radius 2 is 1.83 bits per heavy atom. The molecule has 0 atom stereocenters. The number of thiocarbonyl (C=S) groups is 1. The highest BCUT2D eigenvalue weighted by Crippen LogP contribution is 2.35. The molecule has 2 rings (SSSR count). The van der Waals surface area contributed by atoms with E-state index in [4.69, 9.17) is 40.7 Å². The first-order valence-electron chi connectivity index (χ1n) is 7.00. The van der Waals surface area contributed by atoms with Crippen molar-refractivity contribution in [2.45, 2.75) is 22.1 Å². The highest BCUT2D eigenvalue weighted by Gasteiger charge is 2.09. The number of halogens is 1. The van der Waals surface area contributed by atoms with Gasteiger partial charge in [0.1, 0.15) is 0 Å². The molecule has 0 aliphatic rings. The second-order valence-electron chi connectivity index (χ2n) is 4.83. The van der Waals surface area contributed by atoms with Gasteiger partial charge in [-0.15, -0.1) is 0 Å². The van der Waals surface area contributed by atoms with Gasteiger partial charge in [-0.3, -0.25) is 5.41 Å². The summed E-state index contributed by atoms with van der Waals surface area (Å²) in [5, 5.41) is 11.4. The third-order valence-corrected chi connectivity index (χ3v) is 5.43. The van der Waals surface area contributed by atoms with Gasteiger partial charge < -0.3 is 16.8 Å². The van der Waals surface area contributed by atoms with Crippen LogP contribution < -0.4 is 16.8 Å². The zero-order valence-electron chi connectivity index (χ0n) is 12.7. The standard InChI is InChI=1S/C16H17ClN4S3/c17-12-5-6-14(11(7-12)8-21-16(20)22)24-13-4-2-1-3-10(13)9-23-15(18)19/h1-7H,8-9H2,(H3,18,19)(H3,20,21,22). The van der Waals surface area contributed by atoms with E-state index in [-0.39, 0.29) is 10.3 Å². The van der Waals surface area contributed by atoms with Gasteiger partial charge in [-0.25, -0.2) is 0 Å². The number of rotatable bonds is 6. The molecule has 24 heavy (non-hydrogen) atoms. The Bertz CT molecular complexity index is 752. The zero-order chi connectivity index (χ0) is 17.5. The number of benzene rings is 2. The van der Waals surface area contributed by atoms with E-state index in [9.17, 15) is 0 Å². The van der Waals surface area contributed by atoms with Gasteiger partial charge in [-0.1, -0.05) is 53.3 Å². The lowest BCUT2D eigenvalue weighted by Crippen LogP contribution is -2.28. The van der Waals surface area contributed by atoms with Gasteiger partial charge in [0.05, 0.1) is 0 Å². The summed E-state index contributed by atoms with van der Waals surface area (Å²) in [7, 11) is 0. The molecular formula is C16H17ClN4S3. The second-order valence-corrected chi connectivity index (χ2v) is 7.81. The van der Waals surface area contributed by atoms with Crippen LogP contribution in [-0.4, -0.2) is 10.3 Å². The molecule has 6 N–H and O–H groups in total. The van der Waals surface area contributed by atoms with Crippen molar-refractivity contribution in [1.29, 1.82) is 5.41 Å². The van der Waals surface area contributed by atoms with Crippen molar-refractivity contribution in [3.63, 3.8) is 0 Å². The topological polar surface area (TPSA) is 87.9 Å². The Kier molecular flexibility index (Phi) is 7.23. The molecule has 0 saturated heterocycles. The summed E-state index contributed by atoms with van der Waals surface area (Å²) in [6.07, 6.45) is 0. The average molecular weight is 397 g/mol. The third kappa shape index (κ3) is 5.90. The molecule has 0 radical (unpaired) electrons. The number of nitrogens with one attached hydrogen (secondary N) is 2. The Morgan fingerprint density at radius 3 is 2.54 bits per heavy atom. The Balaban J connectivity index is 2.24. The van der Waals surface area contributed by atoms with Crippen LogP contribution in [0.25, 0.3) is 0 Å². The monoisotopic (exact) mass is 396 g/mol. The van der Waals surface area contributed by atoms with E-state index >= 15 is 0 Å². The average Bonchev–Trinajstić information content (AvgIpc) is 2.54. The molecule has 8 heteroatoms. The van der Waals surface area contributed by atoms with Crippen LogP contribution in [0, 0.1) is 5.41 Å². The zero-order valence-corrected chi connectivity index (χ0v) is 15.9. The Labute approximate surface area is 160 Å². The lowest BCUT2D eigenvalue weighted by atomic mass is 10.2. The molecule has 0 amide bonds. The van der Waals surface area contributed by atoms with Crippen molar-refractivity contribution in [3.8, 4) is 0 Å². The van der Waals surface area contributed by atoms with Crippen molar-refractivity contribution in [1.82, 2.24) is 5.32 Å². The number of thioether (sulfide) groups is 1. The van der Waals surface area contributed by atoms with E-state index in [1.807, 2.05) is 36.4 Å². The number of hydrogen-bond donors (Lipinski definition) is 4. The quantitative estimate of drug-likeness (QED) is 0.336. The fraction of sp³-hybridized carbons (Fsp3) is 0.125. The lowest BCUT2D eigenvalue weighted by Gasteiger charge is -2.13. The van der Waals surface area contributed by atoms with Crippen molar-refractivity contribution in [2.75, 3.05) is 0 Å². The van der Waals surface area contributed by atoms with Gasteiger partial charge >= 0.3 is 0 Å². The molecule has 0 aliphatic heterocycles. The molecule has 4 nitrogen and oxygen atoms in total. The first kappa shape index (κ1) is 18.9. The molecule has 0 heterocycles. The summed E-state index contributed by atoms with van der Waals surface area (Å²) in [5.74, 6) is 0.659. The first-order valence-corrected chi connectivity index (χ1v) is 9.59. The number of hydrogen-bond acceptors (Lipinski definition) is 4. The fourth-order valence-electron chi connectivity index (χ4n) is 1.96. The SMILES string of the molecule is N=C(N)SCc1ccccc1Sc1ccc(Cl)cc1CNC(N)=S. The van der Waals surface area contributed by atoms with Gasteiger partial charge in [-0.05, 0) is 47.6 Å². The highest BCUT2D eigenvalue weighted by atomic mass is 35.5. The summed E-state index contributed by atoms with van der Waals surface area (Å²) < 4.78 is 0. The third-order valence-electron chi connectivity index (χ3n) is 3.05. The van der Waals surface area contributed by atoms with E-state index < -0.39 is 0 Å². The predicted molar refractivity (Wildman–Crippen MR) is 109 cm³/mol. The summed E-state index contributed by atoms with van der Waals surface area (Å²) in [6.45, 7) is 0.516. The molecule has 0 unspecified atom stereocenters. The molecule has 0 aromatic heterocycles. The molecule has 2 aromatic carbocycles. The minimum Gasteiger partial charge on any atom is -0.379 e. The van der Waals surface area contributed by atoms with E-state index in [1.165, 1.54) is 11.8 Å². The summed E-state index contributed by atoms with van der Waals surface area (Å²) in [4.78, 5) is 2.19. The van der Waals surface area contributed by atoms with Crippen LogP contribution in [0.4, 0.5) is 0 Å². The minimum atomic E-state index is 0.114. The van der Waals surface area contributed by atoms with Crippen LogP contribution in [0.15, 0.2) is 52.3 Å². The van der Waals surface area contributed by atoms with E-state index in [0.29, 0.717) is 17.3 Å². The first-order chi connectivity index (χ1) is 11.5. The lowest BCUT2D eigenvalue weighted by molar-refractivity contribution is 0.897. The fourth-order valence-corrected chi connectivity index (χ4v) is 3.94. The molecule has 2 aromatic rings. The van der Waals surface area contributed by atoms with E-state index in [0.717, 1.165) is 20.9 Å². The number of nitrogens with two attached hydrogens (primary N) is 2. The predicted octanol–water partition coefficient (Wildman–Crippen LogP) is 3.95. The number of amidine groups is 1. The van der Waals surface area contributed by atoms with Crippen LogP contribution in [0.5, 0.6) is 0 Å². The van der Waals surface area contributed by atoms with Crippen LogP contribution in [0.3, 0.4) is 0 Å². The maximum absolute atomic E-state index is 7.37. The minimum absolute atomic E-state index is 0.114. The van der Waals surface area contributed by atoms with E-state index in [2.05, 4.69) is 11.4 Å².